The maximum Gasteiger partial charge on any atom is 0.162 e. The fraction of sp³-hybridized carbons (Fsp3) is 0.125. The second-order valence-corrected chi connectivity index (χ2v) is 4.04. The van der Waals surface area contributed by atoms with Gasteiger partial charge >= 0.3 is 0 Å². The Morgan fingerprint density at radius 1 is 1.05 bits per heavy atom. The number of benzene rings is 2. The standard InChI is InChI=1S/C16H17NO2/c1-18-15-8-7-13(9-10-17)11-16(15)19-12-14-5-3-2-4-6-14/h2-11H,12,17H2,1H3/b10-9+. The van der Waals surface area contributed by atoms with Gasteiger partial charge in [-0.15, -0.1) is 0 Å². The largest absolute Gasteiger partial charge is 0.493 e. The molecule has 2 N–H and O–H groups in total. The molecule has 0 heterocycles. The van der Waals surface area contributed by atoms with E-state index in [9.17, 15) is 0 Å². The van der Waals surface area contributed by atoms with Crippen molar-refractivity contribution >= 4 is 6.08 Å². The van der Waals surface area contributed by atoms with Crippen LogP contribution < -0.4 is 15.2 Å². The minimum Gasteiger partial charge on any atom is -0.493 e. The summed E-state index contributed by atoms with van der Waals surface area (Å²) in [5.41, 5.74) is 7.49. The molecule has 0 saturated heterocycles. The van der Waals surface area contributed by atoms with Crippen LogP contribution >= 0.6 is 0 Å². The third kappa shape index (κ3) is 3.52. The average Bonchev–Trinajstić information content (AvgIpc) is 2.47. The van der Waals surface area contributed by atoms with Crippen LogP contribution in [0, 0.1) is 0 Å². The van der Waals surface area contributed by atoms with Gasteiger partial charge in [0.1, 0.15) is 6.61 Å². The summed E-state index contributed by atoms with van der Waals surface area (Å²) in [4.78, 5) is 0. The van der Waals surface area contributed by atoms with Gasteiger partial charge in [0.25, 0.3) is 0 Å². The number of rotatable bonds is 5. The minimum atomic E-state index is 0.507. The Hall–Kier alpha value is -2.42. The monoisotopic (exact) mass is 255 g/mol. The average molecular weight is 255 g/mol. The van der Waals surface area contributed by atoms with Crippen LogP contribution in [0.2, 0.25) is 0 Å². The molecule has 2 aromatic rings. The Kier molecular flexibility index (Phi) is 4.45. The molecule has 0 fully saturated rings. The van der Waals surface area contributed by atoms with Crippen LogP contribution in [0.25, 0.3) is 6.08 Å². The molecule has 3 nitrogen and oxygen atoms in total. The lowest BCUT2D eigenvalue weighted by Crippen LogP contribution is -1.97. The summed E-state index contributed by atoms with van der Waals surface area (Å²) < 4.78 is 11.1. The topological polar surface area (TPSA) is 44.5 Å². The molecule has 0 aliphatic rings. The first kappa shape index (κ1) is 13.0. The highest BCUT2D eigenvalue weighted by atomic mass is 16.5. The van der Waals surface area contributed by atoms with E-state index >= 15 is 0 Å². The number of methoxy groups -OCH3 is 1. The summed E-state index contributed by atoms with van der Waals surface area (Å²) in [6.07, 6.45) is 3.32. The summed E-state index contributed by atoms with van der Waals surface area (Å²) in [7, 11) is 1.63. The molecule has 19 heavy (non-hydrogen) atoms. The van der Waals surface area contributed by atoms with Gasteiger partial charge in [0.05, 0.1) is 7.11 Å². The van der Waals surface area contributed by atoms with Crippen molar-refractivity contribution in [2.24, 2.45) is 5.73 Å². The number of hydrogen-bond acceptors (Lipinski definition) is 3. The molecule has 0 aliphatic carbocycles. The lowest BCUT2D eigenvalue weighted by molar-refractivity contribution is 0.284. The zero-order valence-electron chi connectivity index (χ0n) is 10.9. The minimum absolute atomic E-state index is 0.507. The normalized spacial score (nSPS) is 10.6. The van der Waals surface area contributed by atoms with Crippen LogP contribution in [-0.4, -0.2) is 7.11 Å². The first-order chi connectivity index (χ1) is 9.33. The van der Waals surface area contributed by atoms with E-state index in [4.69, 9.17) is 15.2 Å². The molecule has 3 heteroatoms. The van der Waals surface area contributed by atoms with Crippen LogP contribution in [0.15, 0.2) is 54.7 Å². The first-order valence-electron chi connectivity index (χ1n) is 6.06. The van der Waals surface area contributed by atoms with Crippen LogP contribution in [0.4, 0.5) is 0 Å². The summed E-state index contributed by atoms with van der Waals surface area (Å²) in [5, 5.41) is 0. The second-order valence-electron chi connectivity index (χ2n) is 4.04. The lowest BCUT2D eigenvalue weighted by atomic mass is 10.2. The quantitative estimate of drug-likeness (QED) is 0.892. The van der Waals surface area contributed by atoms with Gasteiger partial charge in [-0.3, -0.25) is 0 Å². The molecule has 2 rings (SSSR count). The highest BCUT2D eigenvalue weighted by Crippen LogP contribution is 2.29. The third-order valence-electron chi connectivity index (χ3n) is 2.71. The molecule has 0 unspecified atom stereocenters. The Bertz CT molecular complexity index is 550. The van der Waals surface area contributed by atoms with Gasteiger partial charge in [0.15, 0.2) is 11.5 Å². The summed E-state index contributed by atoms with van der Waals surface area (Å²) in [6, 6.07) is 15.7. The Morgan fingerprint density at radius 2 is 1.84 bits per heavy atom. The first-order valence-corrected chi connectivity index (χ1v) is 6.06. The Balaban J connectivity index is 2.15. The Morgan fingerprint density at radius 3 is 2.53 bits per heavy atom. The molecule has 0 amide bonds. The number of ether oxygens (including phenoxy) is 2. The molecule has 2 aromatic carbocycles. The van der Waals surface area contributed by atoms with E-state index in [1.807, 2.05) is 54.6 Å². The molecule has 0 aliphatic heterocycles. The van der Waals surface area contributed by atoms with Crippen molar-refractivity contribution in [1.82, 2.24) is 0 Å². The smallest absolute Gasteiger partial charge is 0.162 e. The van der Waals surface area contributed by atoms with Crippen molar-refractivity contribution in [3.8, 4) is 11.5 Å². The molecule has 0 atom stereocenters. The van der Waals surface area contributed by atoms with E-state index < -0.39 is 0 Å². The van der Waals surface area contributed by atoms with Gasteiger partial charge in [-0.2, -0.15) is 0 Å². The van der Waals surface area contributed by atoms with Crippen molar-refractivity contribution in [3.05, 3.63) is 65.9 Å². The zero-order chi connectivity index (χ0) is 13.5. The highest BCUT2D eigenvalue weighted by molar-refractivity contribution is 5.55. The lowest BCUT2D eigenvalue weighted by Gasteiger charge is -2.11. The molecular formula is C16H17NO2. The van der Waals surface area contributed by atoms with Crippen molar-refractivity contribution in [2.75, 3.05) is 7.11 Å². The van der Waals surface area contributed by atoms with Gasteiger partial charge in [-0.05, 0) is 35.5 Å². The molecular weight excluding hydrogens is 238 g/mol. The summed E-state index contributed by atoms with van der Waals surface area (Å²) in [5.74, 6) is 1.42. The summed E-state index contributed by atoms with van der Waals surface area (Å²) >= 11 is 0. The Labute approximate surface area is 113 Å². The van der Waals surface area contributed by atoms with Crippen molar-refractivity contribution in [1.29, 1.82) is 0 Å². The fourth-order valence-corrected chi connectivity index (χ4v) is 1.76. The van der Waals surface area contributed by atoms with Gasteiger partial charge in [-0.1, -0.05) is 36.4 Å². The van der Waals surface area contributed by atoms with Gasteiger partial charge in [0.2, 0.25) is 0 Å². The molecule has 98 valence electrons. The van der Waals surface area contributed by atoms with Crippen LogP contribution in [0.1, 0.15) is 11.1 Å². The van der Waals surface area contributed by atoms with E-state index in [0.29, 0.717) is 18.1 Å². The summed E-state index contributed by atoms with van der Waals surface area (Å²) in [6.45, 7) is 0.507. The SMILES string of the molecule is COc1ccc(/C=C/N)cc1OCc1ccccc1. The van der Waals surface area contributed by atoms with E-state index in [1.54, 1.807) is 7.11 Å². The van der Waals surface area contributed by atoms with Gasteiger partial charge in [0, 0.05) is 0 Å². The molecule has 0 spiro atoms. The van der Waals surface area contributed by atoms with Crippen LogP contribution in [-0.2, 0) is 6.61 Å². The van der Waals surface area contributed by atoms with Crippen molar-refractivity contribution in [2.45, 2.75) is 6.61 Å². The maximum atomic E-state index is 5.80. The van der Waals surface area contributed by atoms with Crippen LogP contribution in [0.5, 0.6) is 11.5 Å². The molecule has 0 bridgehead atoms. The fourth-order valence-electron chi connectivity index (χ4n) is 1.76. The maximum absolute atomic E-state index is 5.80. The van der Waals surface area contributed by atoms with E-state index in [1.165, 1.54) is 6.20 Å². The predicted octanol–water partition coefficient (Wildman–Crippen LogP) is 3.20. The highest BCUT2D eigenvalue weighted by Gasteiger charge is 2.05. The predicted molar refractivity (Wildman–Crippen MR) is 77.0 cm³/mol. The molecule has 0 radical (unpaired) electrons. The van der Waals surface area contributed by atoms with E-state index in [0.717, 1.165) is 11.1 Å². The molecule has 0 aromatic heterocycles. The molecule has 0 saturated carbocycles. The third-order valence-corrected chi connectivity index (χ3v) is 2.71. The number of hydrogen-bond donors (Lipinski definition) is 1. The second kappa shape index (κ2) is 6.50. The van der Waals surface area contributed by atoms with E-state index in [-0.39, 0.29) is 0 Å². The number of nitrogens with two attached hydrogens (primary N) is 1. The van der Waals surface area contributed by atoms with Crippen molar-refractivity contribution < 1.29 is 9.47 Å². The van der Waals surface area contributed by atoms with Crippen molar-refractivity contribution in [3.63, 3.8) is 0 Å². The van der Waals surface area contributed by atoms with Gasteiger partial charge in [-0.25, -0.2) is 0 Å². The van der Waals surface area contributed by atoms with Gasteiger partial charge < -0.3 is 15.2 Å². The van der Waals surface area contributed by atoms with Crippen LogP contribution in [0.3, 0.4) is 0 Å². The zero-order valence-corrected chi connectivity index (χ0v) is 10.9. The van der Waals surface area contributed by atoms with E-state index in [2.05, 4.69) is 0 Å².